The predicted molar refractivity (Wildman–Crippen MR) is 126 cm³/mol. The lowest BCUT2D eigenvalue weighted by atomic mass is 10.0. The molecule has 3 aromatic carbocycles. The molecule has 0 radical (unpaired) electrons. The zero-order chi connectivity index (χ0) is 27.8. The van der Waals surface area contributed by atoms with Crippen molar-refractivity contribution in [2.45, 2.75) is 26.3 Å². The van der Waals surface area contributed by atoms with Crippen molar-refractivity contribution in [1.82, 2.24) is 4.57 Å². The number of methoxy groups -OCH3 is 1. The van der Waals surface area contributed by atoms with Crippen LogP contribution in [0.1, 0.15) is 28.5 Å². The molecule has 0 unspecified atom stereocenters. The Morgan fingerprint density at radius 3 is 2.21 bits per heavy atom. The van der Waals surface area contributed by atoms with Crippen LogP contribution in [0.15, 0.2) is 60.7 Å². The summed E-state index contributed by atoms with van der Waals surface area (Å²) in [7, 11) is 1.47. The monoisotopic (exact) mass is 530 g/mol. The SMILES string of the molecule is COc1ccc(C(=O)c2c(C)n(-c3cc(F)cc(O[C@H](C)C(=O)[O-])c3)c3cc(OC(F)(F)F)ccc23)cc1. The average Bonchev–Trinajstić information content (AvgIpc) is 3.13. The molecule has 1 atom stereocenters. The number of alkyl halides is 3. The number of nitrogens with zero attached hydrogens (tertiary/aromatic N) is 1. The third-order valence-electron chi connectivity index (χ3n) is 5.75. The van der Waals surface area contributed by atoms with Crippen molar-refractivity contribution in [1.29, 1.82) is 0 Å². The Labute approximate surface area is 213 Å². The number of carbonyl (C=O) groups excluding carboxylic acids is 2. The molecule has 0 amide bonds. The fourth-order valence-electron chi connectivity index (χ4n) is 4.10. The van der Waals surface area contributed by atoms with E-state index in [-0.39, 0.29) is 39.2 Å². The van der Waals surface area contributed by atoms with Gasteiger partial charge < -0.3 is 28.7 Å². The van der Waals surface area contributed by atoms with Crippen molar-refractivity contribution in [3.05, 3.63) is 83.3 Å². The normalized spacial score (nSPS) is 12.3. The number of carboxylic acids is 1. The van der Waals surface area contributed by atoms with E-state index in [1.54, 1.807) is 31.2 Å². The molecule has 198 valence electrons. The molecule has 4 rings (SSSR count). The Balaban J connectivity index is 1.94. The molecule has 38 heavy (non-hydrogen) atoms. The largest absolute Gasteiger partial charge is 0.573 e. The van der Waals surface area contributed by atoms with E-state index in [1.807, 2.05) is 0 Å². The van der Waals surface area contributed by atoms with Gasteiger partial charge in [0.05, 0.1) is 29.8 Å². The Morgan fingerprint density at radius 1 is 0.947 bits per heavy atom. The van der Waals surface area contributed by atoms with Crippen molar-refractivity contribution in [3.63, 3.8) is 0 Å². The Morgan fingerprint density at radius 2 is 1.61 bits per heavy atom. The van der Waals surface area contributed by atoms with Crippen LogP contribution in [-0.2, 0) is 4.79 Å². The summed E-state index contributed by atoms with van der Waals surface area (Å²) in [6, 6.07) is 13.0. The van der Waals surface area contributed by atoms with Crippen LogP contribution in [-0.4, -0.2) is 35.9 Å². The van der Waals surface area contributed by atoms with Gasteiger partial charge >= 0.3 is 6.36 Å². The highest BCUT2D eigenvalue weighted by Gasteiger charge is 2.32. The lowest BCUT2D eigenvalue weighted by Gasteiger charge is -2.17. The molecule has 0 saturated carbocycles. The van der Waals surface area contributed by atoms with Gasteiger partial charge in [-0.15, -0.1) is 13.2 Å². The van der Waals surface area contributed by atoms with Crippen LogP contribution in [0.25, 0.3) is 16.6 Å². The van der Waals surface area contributed by atoms with Gasteiger partial charge in [0.25, 0.3) is 0 Å². The number of halogens is 4. The fourth-order valence-corrected chi connectivity index (χ4v) is 4.10. The molecular formula is C27H20F4NO6-. The first-order valence-electron chi connectivity index (χ1n) is 11.2. The molecule has 0 fully saturated rings. The van der Waals surface area contributed by atoms with Crippen LogP contribution in [0.3, 0.4) is 0 Å². The maximum Gasteiger partial charge on any atom is 0.573 e. The second-order valence-corrected chi connectivity index (χ2v) is 8.30. The Bertz CT molecular complexity index is 1530. The summed E-state index contributed by atoms with van der Waals surface area (Å²) in [5, 5.41) is 11.4. The number of ether oxygens (including phenoxy) is 3. The van der Waals surface area contributed by atoms with E-state index in [1.165, 1.54) is 30.7 Å². The quantitative estimate of drug-likeness (QED) is 0.242. The third-order valence-corrected chi connectivity index (χ3v) is 5.75. The molecule has 0 spiro atoms. The number of aliphatic carboxylic acids is 1. The summed E-state index contributed by atoms with van der Waals surface area (Å²) in [6.45, 7) is 2.75. The van der Waals surface area contributed by atoms with Crippen molar-refractivity contribution in [2.75, 3.05) is 7.11 Å². The first-order chi connectivity index (χ1) is 17.9. The van der Waals surface area contributed by atoms with Crippen LogP contribution >= 0.6 is 0 Å². The maximum absolute atomic E-state index is 14.6. The number of hydrogen-bond donors (Lipinski definition) is 0. The smallest absolute Gasteiger partial charge is 0.546 e. The van der Waals surface area contributed by atoms with E-state index in [4.69, 9.17) is 9.47 Å². The molecule has 4 aromatic rings. The highest BCUT2D eigenvalue weighted by molar-refractivity contribution is 6.18. The first-order valence-corrected chi connectivity index (χ1v) is 11.2. The van der Waals surface area contributed by atoms with Crippen LogP contribution in [0, 0.1) is 12.7 Å². The second-order valence-electron chi connectivity index (χ2n) is 8.30. The minimum atomic E-state index is -4.97. The maximum atomic E-state index is 14.6. The van der Waals surface area contributed by atoms with Gasteiger partial charge in [0.1, 0.15) is 29.2 Å². The highest BCUT2D eigenvalue weighted by atomic mass is 19.4. The molecule has 1 aromatic heterocycles. The molecule has 0 saturated heterocycles. The van der Waals surface area contributed by atoms with Gasteiger partial charge in [0, 0.05) is 34.8 Å². The highest BCUT2D eigenvalue weighted by Crippen LogP contribution is 2.36. The van der Waals surface area contributed by atoms with Crippen molar-refractivity contribution in [2.24, 2.45) is 0 Å². The van der Waals surface area contributed by atoms with Crippen molar-refractivity contribution >= 4 is 22.7 Å². The summed E-state index contributed by atoms with van der Waals surface area (Å²) in [6.07, 6.45) is -6.38. The van der Waals surface area contributed by atoms with E-state index < -0.39 is 35.8 Å². The van der Waals surface area contributed by atoms with Gasteiger partial charge in [0.15, 0.2) is 5.78 Å². The number of carbonyl (C=O) groups is 2. The average molecular weight is 530 g/mol. The van der Waals surface area contributed by atoms with Gasteiger partial charge in [-0.1, -0.05) is 0 Å². The van der Waals surface area contributed by atoms with E-state index in [0.29, 0.717) is 5.75 Å². The molecule has 0 aliphatic carbocycles. The first kappa shape index (κ1) is 26.5. The molecule has 11 heteroatoms. The number of carboxylic acid groups (broad SMARTS) is 1. The molecule has 0 N–H and O–H groups in total. The van der Waals surface area contributed by atoms with E-state index in [2.05, 4.69) is 4.74 Å². The van der Waals surface area contributed by atoms with E-state index >= 15 is 0 Å². The number of ketones is 1. The van der Waals surface area contributed by atoms with Gasteiger partial charge in [-0.25, -0.2) is 4.39 Å². The van der Waals surface area contributed by atoms with Gasteiger partial charge in [0.2, 0.25) is 0 Å². The van der Waals surface area contributed by atoms with Crippen molar-refractivity contribution < 1.29 is 46.5 Å². The molecule has 7 nitrogen and oxygen atoms in total. The second kappa shape index (κ2) is 10.1. The summed E-state index contributed by atoms with van der Waals surface area (Å²) >= 11 is 0. The van der Waals surface area contributed by atoms with Crippen LogP contribution in [0.2, 0.25) is 0 Å². The van der Waals surface area contributed by atoms with Crippen LogP contribution < -0.4 is 19.3 Å². The summed E-state index contributed by atoms with van der Waals surface area (Å²) in [5.41, 5.74) is 0.930. The van der Waals surface area contributed by atoms with Crippen LogP contribution in [0.4, 0.5) is 17.6 Å². The lowest BCUT2D eigenvalue weighted by Crippen LogP contribution is -2.37. The summed E-state index contributed by atoms with van der Waals surface area (Å²) < 4.78 is 69.2. The Kier molecular flexibility index (Phi) is 7.03. The van der Waals surface area contributed by atoms with E-state index in [9.17, 15) is 32.3 Å². The zero-order valence-electron chi connectivity index (χ0n) is 20.3. The third kappa shape index (κ3) is 5.41. The Hall–Kier alpha value is -4.54. The minimum Gasteiger partial charge on any atom is -0.546 e. The van der Waals surface area contributed by atoms with E-state index in [0.717, 1.165) is 24.3 Å². The zero-order valence-corrected chi connectivity index (χ0v) is 20.3. The number of hydrogen-bond acceptors (Lipinski definition) is 6. The van der Waals surface area contributed by atoms with Gasteiger partial charge in [-0.2, -0.15) is 0 Å². The van der Waals surface area contributed by atoms with Gasteiger partial charge in [-0.05, 0) is 56.3 Å². The molecule has 0 bridgehead atoms. The standard InChI is InChI=1S/C27H21F4NO6/c1-14-24(25(33)16-4-6-19(36-3)7-5-16)22-9-8-20(38-27(29,30)31)13-23(22)32(14)18-10-17(28)11-21(12-18)37-15(2)26(34)35/h4-13,15H,1-3H3,(H,34,35)/p-1/t15-/m1/s1. The minimum absolute atomic E-state index is 0.0750. The lowest BCUT2D eigenvalue weighted by molar-refractivity contribution is -0.312. The molecular weight excluding hydrogens is 510 g/mol. The number of benzene rings is 3. The predicted octanol–water partition coefficient (Wildman–Crippen LogP) is 4.73. The van der Waals surface area contributed by atoms with Gasteiger partial charge in [-0.3, -0.25) is 4.79 Å². The number of aromatic nitrogens is 1. The fraction of sp³-hybridized carbons (Fsp3) is 0.185. The molecule has 1 heterocycles. The number of fused-ring (bicyclic) bond motifs is 1. The molecule has 0 aliphatic heterocycles. The topological polar surface area (TPSA) is 89.8 Å². The summed E-state index contributed by atoms with van der Waals surface area (Å²) in [4.78, 5) is 24.6. The van der Waals surface area contributed by atoms with Crippen molar-refractivity contribution in [3.8, 4) is 22.9 Å². The van der Waals surface area contributed by atoms with Crippen LogP contribution in [0.5, 0.6) is 17.2 Å². The number of rotatable bonds is 8. The molecule has 0 aliphatic rings. The summed E-state index contributed by atoms with van der Waals surface area (Å²) in [5.74, 6) is -2.96.